The Hall–Kier alpha value is -1.64. The van der Waals surface area contributed by atoms with Gasteiger partial charge in [0.2, 0.25) is 5.70 Å². The molecule has 0 unspecified atom stereocenters. The fraction of sp³-hybridized carbons (Fsp3) is 0.200. The molecule has 3 heteroatoms. The van der Waals surface area contributed by atoms with Gasteiger partial charge in [-0.15, -0.1) is 0 Å². The molecule has 0 amide bonds. The van der Waals surface area contributed by atoms with E-state index in [-0.39, 0.29) is 10.6 Å². The molecule has 1 aromatic rings. The summed E-state index contributed by atoms with van der Waals surface area (Å²) in [5.41, 5.74) is 2.17. The van der Waals surface area contributed by atoms with Crippen LogP contribution in [0.3, 0.4) is 0 Å². The topological polar surface area (TPSA) is 43.1 Å². The largest absolute Gasteiger partial charge is 0.259 e. The molecule has 0 heterocycles. The lowest BCUT2D eigenvalue weighted by Crippen LogP contribution is -1.92. The second-order valence-corrected chi connectivity index (χ2v) is 2.95. The molecular formula is C10H11NO2. The molecule has 0 saturated carbocycles. The Morgan fingerprint density at radius 1 is 1.38 bits per heavy atom. The van der Waals surface area contributed by atoms with Gasteiger partial charge in [0.25, 0.3) is 0 Å². The van der Waals surface area contributed by atoms with Crippen LogP contribution < -0.4 is 0 Å². The summed E-state index contributed by atoms with van der Waals surface area (Å²) in [6.45, 7) is 3.47. The third-order valence-corrected chi connectivity index (χ3v) is 1.74. The molecular weight excluding hydrogens is 166 g/mol. The average molecular weight is 177 g/mol. The first-order valence-electron chi connectivity index (χ1n) is 3.99. The zero-order valence-electron chi connectivity index (χ0n) is 7.65. The third-order valence-electron chi connectivity index (χ3n) is 1.74. The molecule has 1 aromatic carbocycles. The van der Waals surface area contributed by atoms with Crippen molar-refractivity contribution < 1.29 is 4.92 Å². The van der Waals surface area contributed by atoms with Crippen molar-refractivity contribution in [2.24, 2.45) is 0 Å². The van der Waals surface area contributed by atoms with Crippen molar-refractivity contribution in [3.8, 4) is 0 Å². The van der Waals surface area contributed by atoms with Crippen molar-refractivity contribution >= 4 is 6.08 Å². The molecule has 3 nitrogen and oxygen atoms in total. The van der Waals surface area contributed by atoms with Crippen LogP contribution in [0.15, 0.2) is 30.0 Å². The molecule has 0 saturated heterocycles. The number of aryl methyl sites for hydroxylation is 1. The minimum atomic E-state index is -0.389. The second-order valence-electron chi connectivity index (χ2n) is 2.95. The summed E-state index contributed by atoms with van der Waals surface area (Å²) < 4.78 is 0. The minimum Gasteiger partial charge on any atom is -0.259 e. The van der Waals surface area contributed by atoms with E-state index in [4.69, 9.17) is 0 Å². The van der Waals surface area contributed by atoms with E-state index in [1.165, 1.54) is 6.92 Å². The lowest BCUT2D eigenvalue weighted by Gasteiger charge is -1.94. The normalized spacial score (nSPS) is 11.4. The number of hydrogen-bond acceptors (Lipinski definition) is 2. The molecule has 0 radical (unpaired) electrons. The Morgan fingerprint density at radius 3 is 2.38 bits per heavy atom. The highest BCUT2D eigenvalue weighted by molar-refractivity contribution is 5.50. The Bertz CT molecular complexity index is 338. The molecule has 0 aliphatic rings. The Labute approximate surface area is 76.9 Å². The highest BCUT2D eigenvalue weighted by Gasteiger charge is 2.00. The predicted molar refractivity (Wildman–Crippen MR) is 51.8 cm³/mol. The number of nitro groups is 1. The number of rotatable bonds is 2. The van der Waals surface area contributed by atoms with Gasteiger partial charge in [-0.3, -0.25) is 10.1 Å². The Morgan fingerprint density at radius 2 is 1.92 bits per heavy atom. The van der Waals surface area contributed by atoms with Gasteiger partial charge in [-0.2, -0.15) is 0 Å². The molecule has 0 aliphatic heterocycles. The summed E-state index contributed by atoms with van der Waals surface area (Å²) in [7, 11) is 0. The van der Waals surface area contributed by atoms with E-state index in [2.05, 4.69) is 0 Å². The van der Waals surface area contributed by atoms with Crippen LogP contribution in [0.1, 0.15) is 18.1 Å². The van der Waals surface area contributed by atoms with E-state index in [0.29, 0.717) is 0 Å². The molecule has 0 fully saturated rings. The summed E-state index contributed by atoms with van der Waals surface area (Å²) in [4.78, 5) is 9.92. The predicted octanol–water partition coefficient (Wildman–Crippen LogP) is 2.63. The first-order chi connectivity index (χ1) is 6.09. The monoisotopic (exact) mass is 177 g/mol. The van der Waals surface area contributed by atoms with Gasteiger partial charge in [0, 0.05) is 13.0 Å². The first kappa shape index (κ1) is 9.45. The molecule has 1 rings (SSSR count). The number of allylic oxidation sites excluding steroid dienone is 1. The van der Waals surface area contributed by atoms with Crippen LogP contribution in [0.5, 0.6) is 0 Å². The minimum absolute atomic E-state index is 0.156. The van der Waals surface area contributed by atoms with Crippen molar-refractivity contribution in [3.63, 3.8) is 0 Å². The summed E-state index contributed by atoms with van der Waals surface area (Å²) in [5.74, 6) is 0. The van der Waals surface area contributed by atoms with Gasteiger partial charge in [0.05, 0.1) is 4.92 Å². The maximum atomic E-state index is 10.3. The lowest BCUT2D eigenvalue weighted by atomic mass is 10.1. The molecule has 0 aromatic heterocycles. The highest BCUT2D eigenvalue weighted by atomic mass is 16.6. The van der Waals surface area contributed by atoms with Crippen molar-refractivity contribution in [1.29, 1.82) is 0 Å². The molecule has 68 valence electrons. The van der Waals surface area contributed by atoms with E-state index >= 15 is 0 Å². The number of hydrogen-bond donors (Lipinski definition) is 0. The van der Waals surface area contributed by atoms with Crippen LogP contribution in [0, 0.1) is 17.0 Å². The Kier molecular flexibility index (Phi) is 2.80. The zero-order valence-corrected chi connectivity index (χ0v) is 7.65. The van der Waals surface area contributed by atoms with E-state index < -0.39 is 0 Å². The van der Waals surface area contributed by atoms with E-state index in [9.17, 15) is 10.1 Å². The van der Waals surface area contributed by atoms with Gasteiger partial charge in [-0.05, 0) is 12.5 Å². The fourth-order valence-corrected chi connectivity index (χ4v) is 0.957. The maximum Gasteiger partial charge on any atom is 0.243 e. The molecule has 0 atom stereocenters. The second kappa shape index (κ2) is 3.85. The average Bonchev–Trinajstić information content (AvgIpc) is 2.08. The van der Waals surface area contributed by atoms with Crippen LogP contribution in [-0.4, -0.2) is 4.92 Å². The van der Waals surface area contributed by atoms with Crippen molar-refractivity contribution in [2.45, 2.75) is 13.8 Å². The van der Waals surface area contributed by atoms with Gasteiger partial charge >= 0.3 is 0 Å². The molecule has 0 aliphatic carbocycles. The van der Waals surface area contributed by atoms with Gasteiger partial charge in [-0.25, -0.2) is 0 Å². The van der Waals surface area contributed by atoms with Crippen LogP contribution in [0.2, 0.25) is 0 Å². The smallest absolute Gasteiger partial charge is 0.243 e. The SMILES string of the molecule is CC(=Cc1ccc(C)cc1)[N+](=O)[O-]. The van der Waals surface area contributed by atoms with Gasteiger partial charge < -0.3 is 0 Å². The quantitative estimate of drug-likeness (QED) is 0.514. The number of benzene rings is 1. The summed E-state index contributed by atoms with van der Waals surface area (Å²) in [6, 6.07) is 7.59. The van der Waals surface area contributed by atoms with Gasteiger partial charge in [0.1, 0.15) is 0 Å². The third kappa shape index (κ3) is 2.71. The molecule has 13 heavy (non-hydrogen) atoms. The fourth-order valence-electron chi connectivity index (χ4n) is 0.957. The maximum absolute atomic E-state index is 10.3. The van der Waals surface area contributed by atoms with Gasteiger partial charge in [0.15, 0.2) is 0 Å². The van der Waals surface area contributed by atoms with Crippen LogP contribution in [0.25, 0.3) is 6.08 Å². The number of nitrogens with zero attached hydrogens (tertiary/aromatic N) is 1. The molecule has 0 N–H and O–H groups in total. The first-order valence-corrected chi connectivity index (χ1v) is 3.99. The van der Waals surface area contributed by atoms with Crippen molar-refractivity contribution in [3.05, 3.63) is 51.2 Å². The van der Waals surface area contributed by atoms with Gasteiger partial charge in [-0.1, -0.05) is 29.8 Å². The van der Waals surface area contributed by atoms with E-state index in [1.54, 1.807) is 6.08 Å². The lowest BCUT2D eigenvalue weighted by molar-refractivity contribution is -0.422. The Balaban J connectivity index is 2.92. The van der Waals surface area contributed by atoms with Crippen molar-refractivity contribution in [2.75, 3.05) is 0 Å². The molecule has 0 spiro atoms. The summed E-state index contributed by atoms with van der Waals surface area (Å²) in [6.07, 6.45) is 1.56. The van der Waals surface area contributed by atoms with E-state index in [0.717, 1.165) is 11.1 Å². The summed E-state index contributed by atoms with van der Waals surface area (Å²) in [5, 5.41) is 10.3. The van der Waals surface area contributed by atoms with E-state index in [1.807, 2.05) is 31.2 Å². The summed E-state index contributed by atoms with van der Waals surface area (Å²) >= 11 is 0. The standard InChI is InChI=1S/C10H11NO2/c1-8-3-5-10(6-4-8)7-9(2)11(12)13/h3-7H,1-2H3. The highest BCUT2D eigenvalue weighted by Crippen LogP contribution is 2.08. The molecule has 0 bridgehead atoms. The zero-order chi connectivity index (χ0) is 9.84. The van der Waals surface area contributed by atoms with Crippen molar-refractivity contribution in [1.82, 2.24) is 0 Å². The van der Waals surface area contributed by atoms with Crippen LogP contribution in [0.4, 0.5) is 0 Å². The van der Waals surface area contributed by atoms with Crippen LogP contribution >= 0.6 is 0 Å². The van der Waals surface area contributed by atoms with Crippen LogP contribution in [-0.2, 0) is 0 Å².